The van der Waals surface area contributed by atoms with Crippen molar-refractivity contribution in [3.8, 4) is 0 Å². The van der Waals surface area contributed by atoms with Gasteiger partial charge in [0.15, 0.2) is 0 Å². The molecule has 0 spiro atoms. The second-order valence-electron chi connectivity index (χ2n) is 6.92. The van der Waals surface area contributed by atoms with Crippen LogP contribution in [0.4, 0.5) is 5.69 Å². The van der Waals surface area contributed by atoms with Crippen molar-refractivity contribution in [2.24, 2.45) is 22.2 Å². The van der Waals surface area contributed by atoms with Gasteiger partial charge in [-0.2, -0.15) is 0 Å². The van der Waals surface area contributed by atoms with Gasteiger partial charge >= 0.3 is 0 Å². The molecular weight excluding hydrogens is 442 g/mol. The number of anilines is 1. The number of benzene rings is 2. The Morgan fingerprint density at radius 1 is 1.09 bits per heavy atom. The fourth-order valence-electron chi connectivity index (χ4n) is 3.11. The summed E-state index contributed by atoms with van der Waals surface area (Å²) >= 11 is 0. The van der Waals surface area contributed by atoms with Crippen LogP contribution in [-0.2, 0) is 12.2 Å². The Labute approximate surface area is 194 Å². The minimum atomic E-state index is 0.0300. The lowest BCUT2D eigenvalue weighted by Crippen LogP contribution is -2.16. The summed E-state index contributed by atoms with van der Waals surface area (Å²) < 4.78 is 0. The van der Waals surface area contributed by atoms with E-state index in [2.05, 4.69) is 15.3 Å². The number of aromatic amines is 1. The first-order valence-corrected chi connectivity index (χ1v) is 12.4. The quantitative estimate of drug-likeness (QED) is 0.103. The zero-order chi connectivity index (χ0) is 23.1. The van der Waals surface area contributed by atoms with Crippen LogP contribution in [0.1, 0.15) is 22.5 Å². The molecule has 0 aliphatic rings. The number of aliphatic imine (C=N–C) groups is 1. The average Bonchev–Trinajstić information content (AvgIpc) is 3.19. The summed E-state index contributed by atoms with van der Waals surface area (Å²) in [5.41, 5.74) is 21.8. The second kappa shape index (κ2) is 11.0. The molecule has 0 aliphatic carbocycles. The predicted octanol–water partition coefficient (Wildman–Crippen LogP) is 2.65. The Bertz CT molecular complexity index is 1140. The molecule has 0 saturated heterocycles. The monoisotopic (exact) mass is 469 g/mol. The van der Waals surface area contributed by atoms with E-state index in [1.54, 1.807) is 40.8 Å². The van der Waals surface area contributed by atoms with Crippen LogP contribution >= 0.6 is 21.6 Å². The maximum absolute atomic E-state index is 7.94. The number of rotatable bonds is 10. The number of fused-ring (bicyclic) bond motifs is 1. The van der Waals surface area contributed by atoms with Gasteiger partial charge in [0, 0.05) is 47.5 Å². The van der Waals surface area contributed by atoms with Gasteiger partial charge in [0.2, 0.25) is 0 Å². The molecule has 3 rings (SSSR count). The molecule has 0 saturated carbocycles. The van der Waals surface area contributed by atoms with Crippen LogP contribution < -0.4 is 22.5 Å². The highest BCUT2D eigenvalue weighted by atomic mass is 33.1. The highest BCUT2D eigenvalue weighted by Crippen LogP contribution is 2.31. The largest absolute Gasteiger partial charge is 0.384 e. The summed E-state index contributed by atoms with van der Waals surface area (Å²) in [7, 11) is 5.10. The van der Waals surface area contributed by atoms with Gasteiger partial charge in [-0.25, -0.2) is 4.98 Å². The molecule has 168 valence electrons. The first-order chi connectivity index (χ1) is 15.4. The van der Waals surface area contributed by atoms with Crippen molar-refractivity contribution in [3.63, 3.8) is 0 Å². The normalized spacial score (nSPS) is 11.6. The fraction of sp³-hybridized carbons (Fsp3) is 0.238. The van der Waals surface area contributed by atoms with Crippen LogP contribution in [-0.4, -0.2) is 46.8 Å². The molecule has 0 bridgehead atoms. The van der Waals surface area contributed by atoms with E-state index in [0.717, 1.165) is 39.7 Å². The first kappa shape index (κ1) is 23.6. The molecule has 1 heterocycles. The molecule has 0 fully saturated rings. The topological polar surface area (TPSA) is 179 Å². The summed E-state index contributed by atoms with van der Waals surface area (Å²) in [4.78, 5) is 12.5. The Morgan fingerprint density at radius 3 is 2.47 bits per heavy atom. The maximum atomic E-state index is 7.94. The van der Waals surface area contributed by atoms with Gasteiger partial charge in [-0.1, -0.05) is 21.6 Å². The Morgan fingerprint density at radius 2 is 1.84 bits per heavy atom. The number of amidine groups is 3. The van der Waals surface area contributed by atoms with Gasteiger partial charge in [0.1, 0.15) is 23.3 Å². The molecule has 0 amide bonds. The summed E-state index contributed by atoms with van der Waals surface area (Å²) in [5, 5.41) is 18.7. The molecule has 0 unspecified atom stereocenters. The van der Waals surface area contributed by atoms with Crippen LogP contribution in [0.3, 0.4) is 0 Å². The van der Waals surface area contributed by atoms with E-state index >= 15 is 0 Å². The lowest BCUT2D eigenvalue weighted by atomic mass is 10.1. The van der Waals surface area contributed by atoms with E-state index in [4.69, 9.17) is 33.0 Å². The molecule has 11 heteroatoms. The molecule has 0 radical (unpaired) electrons. The van der Waals surface area contributed by atoms with Crippen molar-refractivity contribution < 1.29 is 0 Å². The molecule has 10 N–H and O–H groups in total. The number of nitrogen functional groups attached to an aromatic ring is 2. The van der Waals surface area contributed by atoms with Gasteiger partial charge < -0.3 is 27.5 Å². The number of hydrogen-bond acceptors (Lipinski definition) is 7. The van der Waals surface area contributed by atoms with Gasteiger partial charge in [-0.3, -0.25) is 15.8 Å². The number of H-pyrrole nitrogens is 1. The van der Waals surface area contributed by atoms with Gasteiger partial charge in [-0.15, -0.1) is 0 Å². The molecule has 9 nitrogen and oxygen atoms in total. The highest BCUT2D eigenvalue weighted by molar-refractivity contribution is 8.76. The van der Waals surface area contributed by atoms with E-state index < -0.39 is 0 Å². The van der Waals surface area contributed by atoms with Crippen LogP contribution in [0.25, 0.3) is 11.0 Å². The van der Waals surface area contributed by atoms with E-state index in [0.29, 0.717) is 29.8 Å². The smallest absolute Gasteiger partial charge is 0.123 e. The van der Waals surface area contributed by atoms with Crippen LogP contribution in [0.5, 0.6) is 0 Å². The number of aromatic nitrogens is 2. The van der Waals surface area contributed by atoms with Gasteiger partial charge in [0.25, 0.3) is 0 Å². The first-order valence-electron chi connectivity index (χ1n) is 9.89. The molecule has 0 atom stereocenters. The van der Waals surface area contributed by atoms with E-state index in [1.807, 2.05) is 24.3 Å². The lowest BCUT2D eigenvalue weighted by Gasteiger charge is -2.09. The Hall–Kier alpha value is -3.02. The minimum absolute atomic E-state index is 0.0300. The number of hydrogen-bond donors (Lipinski definition) is 7. The fourth-order valence-corrected chi connectivity index (χ4v) is 5.06. The average molecular weight is 470 g/mol. The second-order valence-corrected chi connectivity index (χ2v) is 9.50. The zero-order valence-corrected chi connectivity index (χ0v) is 19.4. The van der Waals surface area contributed by atoms with E-state index in [1.165, 1.54) is 0 Å². The van der Waals surface area contributed by atoms with Crippen molar-refractivity contribution >= 4 is 55.8 Å². The van der Waals surface area contributed by atoms with Crippen LogP contribution in [0, 0.1) is 10.8 Å². The molecule has 3 aromatic rings. The molecule has 0 aliphatic heterocycles. The highest BCUT2D eigenvalue weighted by Gasteiger charge is 2.15. The van der Waals surface area contributed by atoms with Crippen molar-refractivity contribution in [2.45, 2.75) is 12.2 Å². The number of imidazole rings is 1. The summed E-state index contributed by atoms with van der Waals surface area (Å²) in [5.74, 6) is 3.09. The summed E-state index contributed by atoms with van der Waals surface area (Å²) in [6.07, 6.45) is 0.476. The van der Waals surface area contributed by atoms with Gasteiger partial charge in [-0.05, 0) is 36.4 Å². The summed E-state index contributed by atoms with van der Waals surface area (Å²) in [6, 6.07) is 11.0. The molecule has 1 aromatic heterocycles. The van der Waals surface area contributed by atoms with Gasteiger partial charge in [0.05, 0.1) is 17.5 Å². The lowest BCUT2D eigenvalue weighted by molar-refractivity contribution is 1.09. The van der Waals surface area contributed by atoms with E-state index in [9.17, 15) is 0 Å². The third-order valence-electron chi connectivity index (χ3n) is 4.68. The SMILES string of the molecule is CN=C(Cc1nc2c(CSSCCN)c(C(=N)N)ccc2[nH]1)Nc1ccc(C(=N)N)cc1. The van der Waals surface area contributed by atoms with Crippen LogP contribution in [0.2, 0.25) is 0 Å². The number of nitrogens with zero attached hydrogens (tertiary/aromatic N) is 2. The Kier molecular flexibility index (Phi) is 8.14. The Balaban J connectivity index is 1.81. The third-order valence-corrected chi connectivity index (χ3v) is 7.00. The molecule has 32 heavy (non-hydrogen) atoms. The maximum Gasteiger partial charge on any atom is 0.123 e. The third kappa shape index (κ3) is 5.81. The van der Waals surface area contributed by atoms with Crippen molar-refractivity contribution in [1.82, 2.24) is 9.97 Å². The number of nitrogens with two attached hydrogens (primary N) is 3. The zero-order valence-electron chi connectivity index (χ0n) is 17.7. The number of nitrogens with one attached hydrogen (secondary N) is 4. The van der Waals surface area contributed by atoms with E-state index in [-0.39, 0.29) is 11.7 Å². The van der Waals surface area contributed by atoms with Crippen molar-refractivity contribution in [1.29, 1.82) is 10.8 Å². The van der Waals surface area contributed by atoms with Crippen molar-refractivity contribution in [3.05, 3.63) is 58.9 Å². The molecular formula is C21H27N9S2. The van der Waals surface area contributed by atoms with Crippen LogP contribution in [0.15, 0.2) is 41.4 Å². The predicted molar refractivity (Wildman–Crippen MR) is 138 cm³/mol. The van der Waals surface area contributed by atoms with Crippen molar-refractivity contribution in [2.75, 3.05) is 24.7 Å². The standard InChI is InChI=1S/C21H27N9S2/c1-27-17(28-13-4-2-12(3-5-13)20(23)24)10-18-29-16-7-6-14(21(25)26)15(19(16)30-18)11-32-31-9-8-22/h2-7H,8-11,22H2,1H3,(H3,23,24)(H3,25,26)(H,27,28)(H,29,30). The molecule has 2 aromatic carbocycles. The minimum Gasteiger partial charge on any atom is -0.384 e. The summed E-state index contributed by atoms with van der Waals surface area (Å²) in [6.45, 7) is 0.623.